The Kier molecular flexibility index (Phi) is 5.57. The SMILES string of the molecule is CC=C(C#N)[Si](OC)(OC)C(C#N)=CC. The number of hydrogen-bond donors (Lipinski definition) is 0. The predicted octanol–water partition coefficient (Wildman–Crippen LogP) is 1.74. The van der Waals surface area contributed by atoms with Gasteiger partial charge in [-0.25, -0.2) is 0 Å². The molecule has 0 aromatic rings. The highest BCUT2D eigenvalue weighted by atomic mass is 28.4. The van der Waals surface area contributed by atoms with E-state index in [1.54, 1.807) is 26.0 Å². The largest absolute Gasteiger partial charge is 0.427 e. The average molecular weight is 222 g/mol. The van der Waals surface area contributed by atoms with Gasteiger partial charge in [-0.3, -0.25) is 0 Å². The van der Waals surface area contributed by atoms with Crippen molar-refractivity contribution >= 4 is 8.56 Å². The lowest BCUT2D eigenvalue weighted by atomic mass is 10.5. The molecule has 15 heavy (non-hydrogen) atoms. The van der Waals surface area contributed by atoms with E-state index < -0.39 is 8.56 Å². The number of nitrogens with zero attached hydrogens (tertiary/aromatic N) is 2. The second-order valence-corrected chi connectivity index (χ2v) is 5.78. The van der Waals surface area contributed by atoms with E-state index in [0.29, 0.717) is 10.4 Å². The van der Waals surface area contributed by atoms with Crippen molar-refractivity contribution in [2.75, 3.05) is 14.2 Å². The standard InChI is InChI=1S/C10H14N2O2Si/c1-5-9(7-11)15(13-3,14-4)10(6-2)8-12/h5-6H,1-4H3. The van der Waals surface area contributed by atoms with E-state index in [4.69, 9.17) is 19.4 Å². The van der Waals surface area contributed by atoms with E-state index in [-0.39, 0.29) is 0 Å². The molecule has 0 aromatic heterocycles. The lowest BCUT2D eigenvalue weighted by molar-refractivity contribution is 0.265. The maximum absolute atomic E-state index is 8.98. The molecule has 0 bridgehead atoms. The van der Waals surface area contributed by atoms with Gasteiger partial charge in [-0.15, -0.1) is 0 Å². The molecule has 0 heterocycles. The summed E-state index contributed by atoms with van der Waals surface area (Å²) in [7, 11) is -0.0908. The summed E-state index contributed by atoms with van der Waals surface area (Å²) < 4.78 is 10.6. The third-order valence-corrected chi connectivity index (χ3v) is 5.47. The molecule has 0 fully saturated rings. The number of rotatable bonds is 4. The normalized spacial score (nSPS) is 13.2. The Bertz CT molecular complexity index is 325. The van der Waals surface area contributed by atoms with Gasteiger partial charge in [-0.1, -0.05) is 12.2 Å². The zero-order valence-corrected chi connectivity index (χ0v) is 10.4. The first kappa shape index (κ1) is 13.6. The quantitative estimate of drug-likeness (QED) is 0.537. The maximum atomic E-state index is 8.98. The second kappa shape index (κ2) is 6.15. The Hall–Kier alpha value is -1.40. The van der Waals surface area contributed by atoms with E-state index in [0.717, 1.165) is 0 Å². The van der Waals surface area contributed by atoms with Crippen molar-refractivity contribution in [3.63, 3.8) is 0 Å². The Morgan fingerprint density at radius 3 is 1.47 bits per heavy atom. The molecule has 0 aliphatic heterocycles. The van der Waals surface area contributed by atoms with E-state index in [1.807, 2.05) is 12.1 Å². The molecule has 0 radical (unpaired) electrons. The molecule has 0 unspecified atom stereocenters. The molecule has 0 aliphatic rings. The fourth-order valence-corrected chi connectivity index (χ4v) is 3.72. The van der Waals surface area contributed by atoms with Crippen LogP contribution in [-0.4, -0.2) is 22.8 Å². The van der Waals surface area contributed by atoms with E-state index in [2.05, 4.69) is 0 Å². The fraction of sp³-hybridized carbons (Fsp3) is 0.400. The Morgan fingerprint density at radius 2 is 1.33 bits per heavy atom. The highest BCUT2D eigenvalue weighted by Gasteiger charge is 2.45. The summed E-state index contributed by atoms with van der Waals surface area (Å²) in [6, 6.07) is 4.05. The van der Waals surface area contributed by atoms with Gasteiger partial charge in [0.2, 0.25) is 0 Å². The molecule has 0 saturated carbocycles. The lowest BCUT2D eigenvalue weighted by Gasteiger charge is -2.25. The summed E-state index contributed by atoms with van der Waals surface area (Å²) in [5.41, 5.74) is 0. The summed E-state index contributed by atoms with van der Waals surface area (Å²) in [5, 5.41) is 18.7. The molecule has 0 N–H and O–H groups in total. The molecular weight excluding hydrogens is 208 g/mol. The Labute approximate surface area is 91.3 Å². The Balaban J connectivity index is 5.66. The molecule has 0 spiro atoms. The van der Waals surface area contributed by atoms with Crippen LogP contribution in [0, 0.1) is 22.7 Å². The molecule has 0 saturated heterocycles. The smallest absolute Gasteiger partial charge is 0.390 e. The summed E-state index contributed by atoms with van der Waals surface area (Å²) in [4.78, 5) is 0. The fourth-order valence-electron chi connectivity index (χ4n) is 1.32. The first-order valence-corrected chi connectivity index (χ1v) is 6.22. The van der Waals surface area contributed by atoms with Gasteiger partial charge in [0.15, 0.2) is 0 Å². The molecule has 0 aromatic carbocycles. The van der Waals surface area contributed by atoms with Crippen LogP contribution in [0.15, 0.2) is 22.5 Å². The minimum atomic E-state index is -3.00. The predicted molar refractivity (Wildman–Crippen MR) is 58.5 cm³/mol. The van der Waals surface area contributed by atoms with Gasteiger partial charge in [-0.2, -0.15) is 10.5 Å². The summed E-state index contributed by atoms with van der Waals surface area (Å²) in [5.74, 6) is 0. The van der Waals surface area contributed by atoms with Crippen molar-refractivity contribution in [1.82, 2.24) is 0 Å². The topological polar surface area (TPSA) is 66.0 Å². The van der Waals surface area contributed by atoms with E-state index in [9.17, 15) is 0 Å². The van der Waals surface area contributed by atoms with Crippen LogP contribution in [0.4, 0.5) is 0 Å². The Morgan fingerprint density at radius 1 is 1.00 bits per heavy atom. The van der Waals surface area contributed by atoms with Gasteiger partial charge >= 0.3 is 8.56 Å². The van der Waals surface area contributed by atoms with Crippen molar-refractivity contribution in [3.05, 3.63) is 22.5 Å². The molecule has 80 valence electrons. The number of allylic oxidation sites excluding steroid dienone is 4. The van der Waals surface area contributed by atoms with Crippen LogP contribution in [0.3, 0.4) is 0 Å². The van der Waals surface area contributed by atoms with Gasteiger partial charge in [-0.05, 0) is 13.8 Å². The average Bonchev–Trinajstić information content (AvgIpc) is 2.29. The van der Waals surface area contributed by atoms with Crippen LogP contribution in [0.25, 0.3) is 0 Å². The third-order valence-electron chi connectivity index (χ3n) is 2.10. The van der Waals surface area contributed by atoms with Crippen molar-refractivity contribution < 1.29 is 8.85 Å². The molecule has 0 atom stereocenters. The van der Waals surface area contributed by atoms with Crippen molar-refractivity contribution in [2.24, 2.45) is 0 Å². The molecule has 5 heteroatoms. The third kappa shape index (κ3) is 2.34. The molecular formula is C10H14N2O2Si. The van der Waals surface area contributed by atoms with Gasteiger partial charge in [0, 0.05) is 14.2 Å². The lowest BCUT2D eigenvalue weighted by Crippen LogP contribution is -2.44. The zero-order valence-electron chi connectivity index (χ0n) is 9.37. The van der Waals surface area contributed by atoms with Crippen LogP contribution >= 0.6 is 0 Å². The number of hydrogen-bond acceptors (Lipinski definition) is 4. The van der Waals surface area contributed by atoms with E-state index in [1.165, 1.54) is 14.2 Å². The molecule has 0 rings (SSSR count). The monoisotopic (exact) mass is 222 g/mol. The van der Waals surface area contributed by atoms with Crippen molar-refractivity contribution in [2.45, 2.75) is 13.8 Å². The summed E-state index contributed by atoms with van der Waals surface area (Å²) >= 11 is 0. The maximum Gasteiger partial charge on any atom is 0.427 e. The van der Waals surface area contributed by atoms with Gasteiger partial charge in [0.1, 0.15) is 0 Å². The van der Waals surface area contributed by atoms with Crippen molar-refractivity contribution in [3.8, 4) is 12.1 Å². The van der Waals surface area contributed by atoms with Gasteiger partial charge < -0.3 is 8.85 Å². The second-order valence-electron chi connectivity index (χ2n) is 2.65. The van der Waals surface area contributed by atoms with Crippen LogP contribution in [0.2, 0.25) is 0 Å². The van der Waals surface area contributed by atoms with Crippen molar-refractivity contribution in [1.29, 1.82) is 10.5 Å². The summed E-state index contributed by atoms with van der Waals surface area (Å²) in [6.45, 7) is 3.45. The van der Waals surface area contributed by atoms with Crippen LogP contribution < -0.4 is 0 Å². The van der Waals surface area contributed by atoms with Crippen LogP contribution in [0.1, 0.15) is 13.8 Å². The van der Waals surface area contributed by atoms with Gasteiger partial charge in [0.25, 0.3) is 0 Å². The molecule has 0 amide bonds. The zero-order chi connectivity index (χ0) is 11.9. The van der Waals surface area contributed by atoms with Gasteiger partial charge in [0.05, 0.1) is 22.5 Å². The molecule has 4 nitrogen and oxygen atoms in total. The molecule has 0 aliphatic carbocycles. The highest BCUT2D eigenvalue weighted by molar-refractivity contribution is 6.83. The van der Waals surface area contributed by atoms with Crippen LogP contribution in [0.5, 0.6) is 0 Å². The van der Waals surface area contributed by atoms with Crippen LogP contribution in [-0.2, 0) is 8.85 Å². The highest BCUT2D eigenvalue weighted by Crippen LogP contribution is 2.24. The minimum Gasteiger partial charge on any atom is -0.390 e. The number of nitriles is 2. The van der Waals surface area contributed by atoms with E-state index >= 15 is 0 Å². The first-order valence-electron chi connectivity index (χ1n) is 4.40. The minimum absolute atomic E-state index is 0.391. The first-order chi connectivity index (χ1) is 7.16. The summed E-state index contributed by atoms with van der Waals surface area (Å²) in [6.07, 6.45) is 3.25.